The van der Waals surface area contributed by atoms with Gasteiger partial charge in [-0.1, -0.05) is 36.4 Å². The molecule has 1 aromatic heterocycles. The van der Waals surface area contributed by atoms with Crippen LogP contribution in [-0.2, 0) is 4.79 Å². The Morgan fingerprint density at radius 3 is 2.86 bits per heavy atom. The first-order valence-corrected chi connectivity index (χ1v) is 7.69. The van der Waals surface area contributed by atoms with Crippen molar-refractivity contribution in [1.82, 2.24) is 4.57 Å². The molecule has 0 aliphatic carbocycles. The molecule has 0 saturated carbocycles. The average molecular weight is 290 g/mol. The summed E-state index contributed by atoms with van der Waals surface area (Å²) in [4.78, 5) is 12.0. The van der Waals surface area contributed by atoms with E-state index in [0.717, 1.165) is 12.1 Å². The smallest absolute Gasteiger partial charge is 0.224 e. The van der Waals surface area contributed by atoms with Gasteiger partial charge in [-0.25, -0.2) is 0 Å². The molecule has 0 fully saturated rings. The summed E-state index contributed by atoms with van der Waals surface area (Å²) >= 11 is 0. The molecule has 4 rings (SSSR count). The van der Waals surface area contributed by atoms with E-state index in [1.165, 1.54) is 22.0 Å². The van der Waals surface area contributed by atoms with Gasteiger partial charge in [-0.3, -0.25) is 4.79 Å². The van der Waals surface area contributed by atoms with Crippen molar-refractivity contribution in [2.75, 3.05) is 5.32 Å². The molecule has 110 valence electrons. The van der Waals surface area contributed by atoms with E-state index in [0.29, 0.717) is 6.42 Å². The molecule has 0 saturated heterocycles. The summed E-state index contributed by atoms with van der Waals surface area (Å²) < 4.78 is 2.32. The van der Waals surface area contributed by atoms with Gasteiger partial charge in [0.2, 0.25) is 5.91 Å². The van der Waals surface area contributed by atoms with E-state index in [4.69, 9.17) is 0 Å². The zero-order chi connectivity index (χ0) is 15.1. The molecular formula is C19H18N2O. The molecule has 1 unspecified atom stereocenters. The van der Waals surface area contributed by atoms with Crippen LogP contribution in [0, 0.1) is 6.92 Å². The first-order chi connectivity index (χ1) is 10.7. The Balaban J connectivity index is 1.93. The Kier molecular flexibility index (Phi) is 3.00. The Labute approximate surface area is 129 Å². The fourth-order valence-electron chi connectivity index (χ4n) is 3.49. The first-order valence-electron chi connectivity index (χ1n) is 7.69. The van der Waals surface area contributed by atoms with Gasteiger partial charge in [-0.05, 0) is 42.0 Å². The predicted molar refractivity (Wildman–Crippen MR) is 89.1 cm³/mol. The van der Waals surface area contributed by atoms with Crippen LogP contribution >= 0.6 is 0 Å². The van der Waals surface area contributed by atoms with Crippen LogP contribution < -0.4 is 5.32 Å². The number of rotatable bonds is 1. The molecular weight excluding hydrogens is 272 g/mol. The number of carbonyl (C=O) groups is 1. The Bertz CT molecular complexity index is 863. The van der Waals surface area contributed by atoms with Crippen LogP contribution in [0.25, 0.3) is 10.9 Å². The van der Waals surface area contributed by atoms with Crippen LogP contribution in [0.2, 0.25) is 0 Å². The molecule has 1 amide bonds. The summed E-state index contributed by atoms with van der Waals surface area (Å²) in [7, 11) is 0. The predicted octanol–water partition coefficient (Wildman–Crippen LogP) is 4.27. The number of nitrogens with zero attached hydrogens (tertiary/aromatic N) is 1. The van der Waals surface area contributed by atoms with Crippen LogP contribution in [0.5, 0.6) is 0 Å². The molecule has 1 aliphatic rings. The van der Waals surface area contributed by atoms with Crippen LogP contribution in [0.15, 0.2) is 54.7 Å². The van der Waals surface area contributed by atoms with Crippen molar-refractivity contribution in [3.8, 4) is 0 Å². The number of hydrogen-bond acceptors (Lipinski definition) is 1. The lowest BCUT2D eigenvalue weighted by atomic mass is 10.0. The van der Waals surface area contributed by atoms with Crippen LogP contribution in [0.3, 0.4) is 0 Å². The maximum Gasteiger partial charge on any atom is 0.224 e. The minimum Gasteiger partial charge on any atom is -0.340 e. The van der Waals surface area contributed by atoms with E-state index < -0.39 is 0 Å². The highest BCUT2D eigenvalue weighted by Gasteiger charge is 2.24. The molecule has 1 atom stereocenters. The molecule has 0 bridgehead atoms. The maximum atomic E-state index is 12.0. The fourth-order valence-corrected chi connectivity index (χ4v) is 3.49. The molecule has 3 heteroatoms. The van der Waals surface area contributed by atoms with E-state index in [1.807, 2.05) is 18.2 Å². The number of aryl methyl sites for hydroxylation is 1. The highest BCUT2D eigenvalue weighted by Crippen LogP contribution is 2.35. The summed E-state index contributed by atoms with van der Waals surface area (Å²) in [5.74, 6) is 0.100. The van der Waals surface area contributed by atoms with Gasteiger partial charge in [0.25, 0.3) is 0 Å². The van der Waals surface area contributed by atoms with Crippen molar-refractivity contribution in [2.45, 2.75) is 25.8 Å². The van der Waals surface area contributed by atoms with Crippen molar-refractivity contribution < 1.29 is 4.79 Å². The fraction of sp³-hybridized carbons (Fsp3) is 0.211. The second-order valence-corrected chi connectivity index (χ2v) is 5.93. The van der Waals surface area contributed by atoms with E-state index >= 15 is 0 Å². The van der Waals surface area contributed by atoms with E-state index in [9.17, 15) is 4.79 Å². The van der Waals surface area contributed by atoms with Gasteiger partial charge in [0.05, 0.1) is 11.6 Å². The maximum absolute atomic E-state index is 12.0. The number of hydrogen-bond donors (Lipinski definition) is 1. The first kappa shape index (κ1) is 13.1. The van der Waals surface area contributed by atoms with Crippen LogP contribution in [0.4, 0.5) is 5.69 Å². The molecule has 3 aromatic rings. The molecule has 0 spiro atoms. The van der Waals surface area contributed by atoms with Crippen molar-refractivity contribution in [2.24, 2.45) is 0 Å². The molecule has 1 aliphatic heterocycles. The zero-order valence-corrected chi connectivity index (χ0v) is 12.5. The Morgan fingerprint density at radius 2 is 1.95 bits per heavy atom. The molecule has 2 heterocycles. The van der Waals surface area contributed by atoms with Gasteiger partial charge in [0, 0.05) is 18.3 Å². The SMILES string of the molecule is Cc1cccc2ccn(C3CCC(=O)Nc4ccccc43)c12. The minimum absolute atomic E-state index is 0.100. The van der Waals surface area contributed by atoms with Crippen LogP contribution in [0.1, 0.15) is 30.0 Å². The monoisotopic (exact) mass is 290 g/mol. The second kappa shape index (κ2) is 5.02. The zero-order valence-electron chi connectivity index (χ0n) is 12.5. The van der Waals surface area contributed by atoms with E-state index in [2.05, 4.69) is 53.3 Å². The number of amides is 1. The third kappa shape index (κ3) is 2.01. The summed E-state index contributed by atoms with van der Waals surface area (Å²) in [5, 5.41) is 4.28. The third-order valence-corrected chi connectivity index (χ3v) is 4.52. The topological polar surface area (TPSA) is 34.0 Å². The highest BCUT2D eigenvalue weighted by molar-refractivity contribution is 5.92. The number of aromatic nitrogens is 1. The molecule has 2 aromatic carbocycles. The molecule has 1 N–H and O–H groups in total. The largest absolute Gasteiger partial charge is 0.340 e. The Morgan fingerprint density at radius 1 is 1.09 bits per heavy atom. The van der Waals surface area contributed by atoms with Gasteiger partial charge in [0.1, 0.15) is 0 Å². The number of nitrogens with one attached hydrogen (secondary N) is 1. The molecule has 3 nitrogen and oxygen atoms in total. The number of carbonyl (C=O) groups excluding carboxylic acids is 1. The lowest BCUT2D eigenvalue weighted by molar-refractivity contribution is -0.116. The van der Waals surface area contributed by atoms with Crippen molar-refractivity contribution in [3.05, 3.63) is 65.9 Å². The summed E-state index contributed by atoms with van der Waals surface area (Å²) in [6.45, 7) is 2.14. The van der Waals surface area contributed by atoms with Gasteiger partial charge < -0.3 is 9.88 Å². The quantitative estimate of drug-likeness (QED) is 0.713. The lowest BCUT2D eigenvalue weighted by Crippen LogP contribution is -2.10. The summed E-state index contributed by atoms with van der Waals surface area (Å²) in [6.07, 6.45) is 3.51. The molecule has 22 heavy (non-hydrogen) atoms. The summed E-state index contributed by atoms with van der Waals surface area (Å²) in [5.41, 5.74) is 4.65. The lowest BCUT2D eigenvalue weighted by Gasteiger charge is -2.21. The van der Waals surface area contributed by atoms with E-state index in [1.54, 1.807) is 0 Å². The average Bonchev–Trinajstić information content (AvgIpc) is 2.87. The van der Waals surface area contributed by atoms with Crippen LogP contribution in [-0.4, -0.2) is 10.5 Å². The highest BCUT2D eigenvalue weighted by atomic mass is 16.1. The standard InChI is InChI=1S/C19H18N2O/c1-13-5-4-6-14-11-12-21(19(13)14)17-9-10-18(22)20-16-8-3-2-7-15(16)17/h2-8,11-12,17H,9-10H2,1H3,(H,20,22). The van der Waals surface area contributed by atoms with Gasteiger partial charge >= 0.3 is 0 Å². The van der Waals surface area contributed by atoms with Gasteiger partial charge in [-0.15, -0.1) is 0 Å². The number of anilines is 1. The number of para-hydroxylation sites is 2. The van der Waals surface area contributed by atoms with Crippen molar-refractivity contribution in [3.63, 3.8) is 0 Å². The normalized spacial score (nSPS) is 17.9. The van der Waals surface area contributed by atoms with Gasteiger partial charge in [-0.2, -0.15) is 0 Å². The second-order valence-electron chi connectivity index (χ2n) is 5.93. The van der Waals surface area contributed by atoms with E-state index in [-0.39, 0.29) is 11.9 Å². The minimum atomic E-state index is 0.100. The van der Waals surface area contributed by atoms with Crippen molar-refractivity contribution >= 4 is 22.5 Å². The third-order valence-electron chi connectivity index (χ3n) is 4.52. The number of fused-ring (bicyclic) bond motifs is 2. The Hall–Kier alpha value is -2.55. The molecule has 0 radical (unpaired) electrons. The summed E-state index contributed by atoms with van der Waals surface area (Å²) in [6, 6.07) is 16.9. The van der Waals surface area contributed by atoms with Crippen molar-refractivity contribution in [1.29, 1.82) is 0 Å². The van der Waals surface area contributed by atoms with Gasteiger partial charge in [0.15, 0.2) is 0 Å². The number of benzene rings is 2.